The summed E-state index contributed by atoms with van der Waals surface area (Å²) in [5, 5.41) is 10.0. The second kappa shape index (κ2) is 12.4. The van der Waals surface area contributed by atoms with Crippen molar-refractivity contribution in [3.63, 3.8) is 0 Å². The number of ketones is 1. The normalized spacial score (nSPS) is 12.5. The summed E-state index contributed by atoms with van der Waals surface area (Å²) in [6, 6.07) is 24.2. The molecule has 1 aliphatic rings. The van der Waals surface area contributed by atoms with Crippen molar-refractivity contribution in [2.75, 3.05) is 18.6 Å². The molecule has 218 valence electrons. The van der Waals surface area contributed by atoms with Gasteiger partial charge in [-0.2, -0.15) is 0 Å². The van der Waals surface area contributed by atoms with Gasteiger partial charge in [0.05, 0.1) is 24.8 Å². The van der Waals surface area contributed by atoms with E-state index in [0.717, 1.165) is 27.2 Å². The van der Waals surface area contributed by atoms with Crippen LogP contribution < -0.4 is 15.4 Å². The first kappa shape index (κ1) is 29.3. The Morgan fingerprint density at radius 3 is 2.07 bits per heavy atom. The lowest BCUT2D eigenvalue weighted by molar-refractivity contribution is -0.139. The molecule has 0 aromatic heterocycles. The molecule has 0 saturated carbocycles. The van der Waals surface area contributed by atoms with Crippen molar-refractivity contribution in [3.8, 4) is 16.9 Å². The monoisotopic (exact) mass is 598 g/mol. The lowest BCUT2D eigenvalue weighted by atomic mass is 9.98. The minimum Gasteiger partial charge on any atom is -0.497 e. The number of halogens is 1. The molecule has 3 N–H and O–H groups in total. The third-order valence-electron chi connectivity index (χ3n) is 7.36. The lowest BCUT2D eigenvalue weighted by Gasteiger charge is -2.30. The number of anilines is 1. The molecule has 5 rings (SSSR count). The molecule has 4 aromatic rings. The molecular formula is C33H27ClN2O7. The van der Waals surface area contributed by atoms with Crippen LogP contribution in [0, 0.1) is 0 Å². The first-order chi connectivity index (χ1) is 20.7. The number of carboxylic acids is 1. The Labute approximate surface area is 252 Å². The van der Waals surface area contributed by atoms with Gasteiger partial charge in [-0.3, -0.25) is 19.3 Å². The standard InChI is InChI=1S/C33H27ClN2O7/c1-42-21-14-15-28(26(16-21)31(39)19-10-12-20(34)13-11-19)36(29(32(35)40)17-30(37)38)33(41)43-18-27-24-8-4-2-6-22(24)23-7-3-5-9-25(23)27/h2-16,27,29H,17-18H2,1H3,(H2,35,40)(H,37,38)/t29-/m0/s1. The lowest BCUT2D eigenvalue weighted by Crippen LogP contribution is -2.50. The van der Waals surface area contributed by atoms with Crippen molar-refractivity contribution in [1.82, 2.24) is 0 Å². The van der Waals surface area contributed by atoms with Crippen LogP contribution in [0.25, 0.3) is 11.1 Å². The highest BCUT2D eigenvalue weighted by atomic mass is 35.5. The van der Waals surface area contributed by atoms with Crippen molar-refractivity contribution >= 4 is 41.0 Å². The number of fused-ring (bicyclic) bond motifs is 3. The summed E-state index contributed by atoms with van der Waals surface area (Å²) >= 11 is 6.00. The van der Waals surface area contributed by atoms with Crippen LogP contribution in [0.4, 0.5) is 10.5 Å². The number of rotatable bonds is 10. The zero-order chi connectivity index (χ0) is 30.7. The zero-order valence-electron chi connectivity index (χ0n) is 23.0. The summed E-state index contributed by atoms with van der Waals surface area (Å²) in [7, 11) is 1.41. The van der Waals surface area contributed by atoms with Crippen LogP contribution in [-0.4, -0.2) is 48.6 Å². The van der Waals surface area contributed by atoms with Gasteiger partial charge >= 0.3 is 12.1 Å². The number of carbonyl (C=O) groups is 4. The number of carbonyl (C=O) groups excluding carboxylic acids is 3. The molecule has 0 saturated heterocycles. The summed E-state index contributed by atoms with van der Waals surface area (Å²) in [5.74, 6) is -3.00. The fourth-order valence-corrected chi connectivity index (χ4v) is 5.46. The third-order valence-corrected chi connectivity index (χ3v) is 7.61. The van der Waals surface area contributed by atoms with Crippen LogP contribution in [0.1, 0.15) is 39.4 Å². The molecule has 0 aliphatic heterocycles. The predicted octanol–water partition coefficient (Wildman–Crippen LogP) is 5.66. The number of carboxylic acid groups (broad SMARTS) is 1. The number of aliphatic carboxylic acids is 1. The van der Waals surface area contributed by atoms with Crippen LogP contribution in [0.5, 0.6) is 5.75 Å². The minimum atomic E-state index is -1.67. The predicted molar refractivity (Wildman–Crippen MR) is 161 cm³/mol. The number of benzene rings is 4. The van der Waals surface area contributed by atoms with E-state index in [1.807, 2.05) is 48.5 Å². The van der Waals surface area contributed by atoms with Gasteiger partial charge in [0, 0.05) is 16.5 Å². The third kappa shape index (κ3) is 5.93. The number of nitrogens with two attached hydrogens (primary N) is 1. The van der Waals surface area contributed by atoms with E-state index in [1.165, 1.54) is 49.6 Å². The van der Waals surface area contributed by atoms with E-state index in [9.17, 15) is 24.3 Å². The molecule has 4 aromatic carbocycles. The van der Waals surface area contributed by atoms with Gasteiger partial charge in [0.15, 0.2) is 5.78 Å². The average Bonchev–Trinajstić information content (AvgIpc) is 3.33. The van der Waals surface area contributed by atoms with Crippen LogP contribution in [-0.2, 0) is 14.3 Å². The Morgan fingerprint density at radius 1 is 0.907 bits per heavy atom. The summed E-state index contributed by atoms with van der Waals surface area (Å²) in [4.78, 5) is 52.9. The van der Waals surface area contributed by atoms with E-state index in [-0.39, 0.29) is 29.3 Å². The fraction of sp³-hybridized carbons (Fsp3) is 0.152. The first-order valence-corrected chi connectivity index (χ1v) is 13.7. The zero-order valence-corrected chi connectivity index (χ0v) is 23.8. The van der Waals surface area contributed by atoms with Crippen LogP contribution >= 0.6 is 11.6 Å². The number of methoxy groups -OCH3 is 1. The van der Waals surface area contributed by atoms with Gasteiger partial charge in [0.25, 0.3) is 0 Å². The average molecular weight is 599 g/mol. The number of ether oxygens (including phenoxy) is 2. The number of hydrogen-bond acceptors (Lipinski definition) is 6. The highest BCUT2D eigenvalue weighted by molar-refractivity contribution is 6.30. The van der Waals surface area contributed by atoms with Crippen molar-refractivity contribution in [2.24, 2.45) is 5.73 Å². The van der Waals surface area contributed by atoms with Crippen molar-refractivity contribution in [1.29, 1.82) is 0 Å². The Morgan fingerprint density at radius 2 is 1.51 bits per heavy atom. The van der Waals surface area contributed by atoms with E-state index >= 15 is 0 Å². The van der Waals surface area contributed by atoms with E-state index in [2.05, 4.69) is 0 Å². The van der Waals surface area contributed by atoms with E-state index in [0.29, 0.717) is 10.8 Å². The molecule has 0 fully saturated rings. The Bertz CT molecular complexity index is 1680. The van der Waals surface area contributed by atoms with E-state index in [1.54, 1.807) is 0 Å². The molecule has 0 spiro atoms. The molecule has 1 aliphatic carbocycles. The summed E-state index contributed by atoms with van der Waals surface area (Å²) in [6.45, 7) is -0.113. The molecule has 9 nitrogen and oxygen atoms in total. The maximum absolute atomic E-state index is 13.9. The van der Waals surface area contributed by atoms with Crippen LogP contribution in [0.15, 0.2) is 91.0 Å². The number of primary amides is 1. The molecule has 1 atom stereocenters. The summed E-state index contributed by atoms with van der Waals surface area (Å²) in [5.41, 5.74) is 9.73. The number of nitrogens with zero attached hydrogens (tertiary/aromatic N) is 1. The molecule has 10 heteroatoms. The second-order valence-electron chi connectivity index (χ2n) is 9.91. The van der Waals surface area contributed by atoms with Gasteiger partial charge in [-0.15, -0.1) is 0 Å². The van der Waals surface area contributed by atoms with Gasteiger partial charge in [-0.1, -0.05) is 60.1 Å². The van der Waals surface area contributed by atoms with Gasteiger partial charge in [0.1, 0.15) is 18.4 Å². The molecule has 43 heavy (non-hydrogen) atoms. The van der Waals surface area contributed by atoms with Crippen molar-refractivity contribution in [3.05, 3.63) is 118 Å². The van der Waals surface area contributed by atoms with Gasteiger partial charge in [-0.25, -0.2) is 4.79 Å². The Kier molecular flexibility index (Phi) is 8.45. The molecule has 0 radical (unpaired) electrons. The van der Waals surface area contributed by atoms with Gasteiger partial charge in [-0.05, 0) is 64.7 Å². The highest BCUT2D eigenvalue weighted by Gasteiger charge is 2.37. The molecule has 0 bridgehead atoms. The summed E-state index contributed by atoms with van der Waals surface area (Å²) < 4.78 is 11.1. The maximum Gasteiger partial charge on any atom is 0.415 e. The topological polar surface area (TPSA) is 136 Å². The van der Waals surface area contributed by atoms with E-state index < -0.39 is 36.2 Å². The fourth-order valence-electron chi connectivity index (χ4n) is 5.33. The molecule has 2 amide bonds. The molecular weight excluding hydrogens is 572 g/mol. The largest absolute Gasteiger partial charge is 0.497 e. The Balaban J connectivity index is 1.56. The van der Waals surface area contributed by atoms with Crippen LogP contribution in [0.2, 0.25) is 5.02 Å². The van der Waals surface area contributed by atoms with Gasteiger partial charge in [0.2, 0.25) is 5.91 Å². The summed E-state index contributed by atoms with van der Waals surface area (Å²) in [6.07, 6.45) is -1.86. The quantitative estimate of drug-likeness (QED) is 0.225. The minimum absolute atomic E-state index is 0.0354. The first-order valence-electron chi connectivity index (χ1n) is 13.3. The Hall–Kier alpha value is -5.15. The van der Waals surface area contributed by atoms with Crippen molar-refractivity contribution in [2.45, 2.75) is 18.4 Å². The number of hydrogen-bond donors (Lipinski definition) is 2. The smallest absolute Gasteiger partial charge is 0.415 e. The van der Waals surface area contributed by atoms with Crippen LogP contribution in [0.3, 0.4) is 0 Å². The number of amides is 2. The SMILES string of the molecule is COc1ccc(N(C(=O)OCC2c3ccccc3-c3ccccc32)[C@@H](CC(=O)O)C(N)=O)c(C(=O)c2ccc(Cl)cc2)c1. The molecule has 0 unspecified atom stereocenters. The second-order valence-corrected chi connectivity index (χ2v) is 10.3. The van der Waals surface area contributed by atoms with E-state index in [4.69, 9.17) is 26.8 Å². The molecule has 0 heterocycles. The highest BCUT2D eigenvalue weighted by Crippen LogP contribution is 2.44. The maximum atomic E-state index is 13.9. The van der Waals surface area contributed by atoms with Crippen molar-refractivity contribution < 1.29 is 33.8 Å². The van der Waals surface area contributed by atoms with Gasteiger partial charge < -0.3 is 20.3 Å².